The number of hydrogen-bond acceptors (Lipinski definition) is 3. The molecule has 0 saturated carbocycles. The molecule has 1 N–H and O–H groups in total. The third-order valence-electron chi connectivity index (χ3n) is 3.91. The molecule has 1 heterocycles. The van der Waals surface area contributed by atoms with E-state index in [9.17, 15) is 9.90 Å². The molecule has 1 fully saturated rings. The molecular formula is C17H25NO3. The van der Waals surface area contributed by atoms with E-state index >= 15 is 0 Å². The fourth-order valence-electron chi connectivity index (χ4n) is 2.71. The van der Waals surface area contributed by atoms with Crippen molar-refractivity contribution in [1.82, 2.24) is 4.90 Å². The molecule has 1 unspecified atom stereocenters. The number of rotatable bonds is 5. The maximum atomic E-state index is 12.1. The number of carbonyl (C=O) groups is 1. The van der Waals surface area contributed by atoms with Crippen molar-refractivity contribution in [1.29, 1.82) is 0 Å². The average molecular weight is 291 g/mol. The van der Waals surface area contributed by atoms with Crippen LogP contribution in [0.25, 0.3) is 0 Å². The Morgan fingerprint density at radius 3 is 2.90 bits per heavy atom. The highest BCUT2D eigenvalue weighted by Gasteiger charge is 2.30. The number of hydrogen-bond donors (Lipinski definition) is 1. The number of β-amino-alcohol motifs (C(OH)–C–C–N with tert-alkyl or cyclic N) is 1. The van der Waals surface area contributed by atoms with Crippen molar-refractivity contribution in [2.24, 2.45) is 0 Å². The number of para-hydroxylation sites is 1. The lowest BCUT2D eigenvalue weighted by Crippen LogP contribution is -2.48. The monoisotopic (exact) mass is 291 g/mol. The molecule has 0 spiro atoms. The van der Waals surface area contributed by atoms with E-state index in [2.05, 4.69) is 0 Å². The molecule has 4 nitrogen and oxygen atoms in total. The van der Waals surface area contributed by atoms with Gasteiger partial charge in [-0.15, -0.1) is 0 Å². The number of carbonyl (C=O) groups excluding carboxylic acids is 1. The van der Waals surface area contributed by atoms with Crippen LogP contribution in [0.3, 0.4) is 0 Å². The summed E-state index contributed by atoms with van der Waals surface area (Å²) in [5, 5.41) is 10.0. The van der Waals surface area contributed by atoms with Gasteiger partial charge in [0.05, 0.1) is 12.2 Å². The van der Waals surface area contributed by atoms with Gasteiger partial charge in [0.2, 0.25) is 5.91 Å². The number of aliphatic hydroxyl groups is 1. The molecule has 1 atom stereocenters. The molecule has 1 aromatic carbocycles. The summed E-state index contributed by atoms with van der Waals surface area (Å²) in [5.74, 6) is 0.995. The third kappa shape index (κ3) is 4.74. The van der Waals surface area contributed by atoms with Gasteiger partial charge >= 0.3 is 0 Å². The molecule has 2 rings (SSSR count). The SMILES string of the molecule is Cc1ccccc1OCCCC(=O)N1CCCC(C)(O)C1. The summed E-state index contributed by atoms with van der Waals surface area (Å²) < 4.78 is 5.70. The lowest BCUT2D eigenvalue weighted by molar-refractivity contribution is -0.137. The predicted octanol–water partition coefficient (Wildman–Crippen LogP) is 2.53. The lowest BCUT2D eigenvalue weighted by Gasteiger charge is -2.36. The van der Waals surface area contributed by atoms with Crippen LogP contribution in [-0.4, -0.2) is 41.2 Å². The van der Waals surface area contributed by atoms with Gasteiger partial charge in [0.25, 0.3) is 0 Å². The van der Waals surface area contributed by atoms with Gasteiger partial charge in [-0.25, -0.2) is 0 Å². The van der Waals surface area contributed by atoms with Gasteiger partial charge < -0.3 is 14.7 Å². The molecule has 116 valence electrons. The summed E-state index contributed by atoms with van der Waals surface area (Å²) in [6.45, 7) is 5.56. The van der Waals surface area contributed by atoms with E-state index in [0.29, 0.717) is 26.0 Å². The maximum Gasteiger partial charge on any atom is 0.222 e. The van der Waals surface area contributed by atoms with Gasteiger partial charge in [-0.1, -0.05) is 18.2 Å². The molecule has 0 radical (unpaired) electrons. The van der Waals surface area contributed by atoms with Crippen molar-refractivity contribution in [2.45, 2.75) is 45.1 Å². The Hall–Kier alpha value is -1.55. The van der Waals surface area contributed by atoms with Crippen molar-refractivity contribution in [3.8, 4) is 5.75 Å². The van der Waals surface area contributed by atoms with Crippen LogP contribution >= 0.6 is 0 Å². The molecule has 1 amide bonds. The van der Waals surface area contributed by atoms with Crippen molar-refractivity contribution in [3.05, 3.63) is 29.8 Å². The normalized spacial score (nSPS) is 22.1. The second-order valence-electron chi connectivity index (χ2n) is 6.13. The highest BCUT2D eigenvalue weighted by atomic mass is 16.5. The first-order valence-electron chi connectivity index (χ1n) is 7.66. The Morgan fingerprint density at radius 1 is 1.43 bits per heavy atom. The molecular weight excluding hydrogens is 266 g/mol. The van der Waals surface area contributed by atoms with E-state index in [-0.39, 0.29) is 5.91 Å². The molecule has 0 aliphatic carbocycles. The molecule has 1 aliphatic rings. The minimum absolute atomic E-state index is 0.114. The van der Waals surface area contributed by atoms with Crippen LogP contribution in [0.5, 0.6) is 5.75 Å². The number of nitrogens with zero attached hydrogens (tertiary/aromatic N) is 1. The molecule has 1 aliphatic heterocycles. The molecule has 21 heavy (non-hydrogen) atoms. The van der Waals surface area contributed by atoms with Crippen LogP contribution in [0.15, 0.2) is 24.3 Å². The zero-order chi connectivity index (χ0) is 15.3. The van der Waals surface area contributed by atoms with Gasteiger partial charge in [-0.2, -0.15) is 0 Å². The summed E-state index contributed by atoms with van der Waals surface area (Å²) in [6, 6.07) is 7.88. The Balaban J connectivity index is 1.71. The Kier molecular flexibility index (Phi) is 5.23. The quantitative estimate of drug-likeness (QED) is 0.848. The van der Waals surface area contributed by atoms with Crippen molar-refractivity contribution in [3.63, 3.8) is 0 Å². The molecule has 1 aromatic rings. The first-order valence-corrected chi connectivity index (χ1v) is 7.66. The van der Waals surface area contributed by atoms with E-state index in [4.69, 9.17) is 4.74 Å². The van der Waals surface area contributed by atoms with Crippen LogP contribution < -0.4 is 4.74 Å². The third-order valence-corrected chi connectivity index (χ3v) is 3.91. The predicted molar refractivity (Wildman–Crippen MR) is 82.3 cm³/mol. The largest absolute Gasteiger partial charge is 0.493 e. The molecule has 4 heteroatoms. The number of aryl methyl sites for hydroxylation is 1. The van der Waals surface area contributed by atoms with Gasteiger partial charge in [0.1, 0.15) is 5.75 Å². The van der Waals surface area contributed by atoms with Crippen LogP contribution in [0.2, 0.25) is 0 Å². The van der Waals surface area contributed by atoms with Crippen molar-refractivity contribution >= 4 is 5.91 Å². The average Bonchev–Trinajstić information content (AvgIpc) is 2.44. The summed E-state index contributed by atoms with van der Waals surface area (Å²) in [6.07, 6.45) is 2.82. The lowest BCUT2D eigenvalue weighted by atomic mass is 9.95. The fourth-order valence-corrected chi connectivity index (χ4v) is 2.71. The van der Waals surface area contributed by atoms with Crippen molar-refractivity contribution in [2.75, 3.05) is 19.7 Å². The number of ether oxygens (including phenoxy) is 1. The fraction of sp³-hybridized carbons (Fsp3) is 0.588. The van der Waals surface area contributed by atoms with Gasteiger partial charge in [0, 0.05) is 19.5 Å². The van der Waals surface area contributed by atoms with Gasteiger partial charge in [-0.05, 0) is 44.7 Å². The Morgan fingerprint density at radius 2 is 2.19 bits per heavy atom. The van der Waals surface area contributed by atoms with E-state index in [1.807, 2.05) is 31.2 Å². The van der Waals surface area contributed by atoms with Crippen molar-refractivity contribution < 1.29 is 14.6 Å². The zero-order valence-corrected chi connectivity index (χ0v) is 13.0. The Bertz CT molecular complexity index is 485. The number of benzene rings is 1. The minimum atomic E-state index is -0.731. The topological polar surface area (TPSA) is 49.8 Å². The van der Waals surface area contributed by atoms with Crippen LogP contribution in [0.1, 0.15) is 38.2 Å². The Labute approximate surface area is 126 Å². The first-order chi connectivity index (χ1) is 9.98. The smallest absolute Gasteiger partial charge is 0.222 e. The van der Waals surface area contributed by atoms with E-state index in [1.165, 1.54) is 0 Å². The maximum absolute atomic E-state index is 12.1. The molecule has 0 aromatic heterocycles. The van der Waals surface area contributed by atoms with Gasteiger partial charge in [-0.3, -0.25) is 4.79 Å². The summed E-state index contributed by atoms with van der Waals surface area (Å²) in [5.41, 5.74) is 0.377. The summed E-state index contributed by atoms with van der Waals surface area (Å²) in [7, 11) is 0. The van der Waals surface area contributed by atoms with Crippen LogP contribution in [-0.2, 0) is 4.79 Å². The highest BCUT2D eigenvalue weighted by Crippen LogP contribution is 2.21. The highest BCUT2D eigenvalue weighted by molar-refractivity contribution is 5.76. The second kappa shape index (κ2) is 6.94. The number of amides is 1. The molecule has 0 bridgehead atoms. The first kappa shape index (κ1) is 15.8. The zero-order valence-electron chi connectivity index (χ0n) is 13.0. The summed E-state index contributed by atoms with van der Waals surface area (Å²) in [4.78, 5) is 13.9. The van der Waals surface area contributed by atoms with E-state index in [0.717, 1.165) is 30.7 Å². The van der Waals surface area contributed by atoms with Crippen LogP contribution in [0.4, 0.5) is 0 Å². The number of likely N-dealkylation sites (tertiary alicyclic amines) is 1. The molecule has 1 saturated heterocycles. The van der Waals surface area contributed by atoms with E-state index < -0.39 is 5.60 Å². The van der Waals surface area contributed by atoms with E-state index in [1.54, 1.807) is 11.8 Å². The second-order valence-corrected chi connectivity index (χ2v) is 6.13. The summed E-state index contributed by atoms with van der Waals surface area (Å²) >= 11 is 0. The minimum Gasteiger partial charge on any atom is -0.493 e. The van der Waals surface area contributed by atoms with Crippen LogP contribution in [0, 0.1) is 6.92 Å². The number of piperidine rings is 1. The van der Waals surface area contributed by atoms with Gasteiger partial charge in [0.15, 0.2) is 0 Å². The standard InChI is InChI=1S/C17H25NO3/c1-14-7-3-4-8-15(14)21-12-5-9-16(19)18-11-6-10-17(2,20)13-18/h3-4,7-8,20H,5-6,9-13H2,1-2H3.